The molecule has 0 saturated heterocycles. The maximum absolute atomic E-state index is 11.8. The molecule has 1 rings (SSSR count). The number of amides is 2. The van der Waals surface area contributed by atoms with Crippen LogP contribution in [0.1, 0.15) is 44.9 Å². The normalized spacial score (nSPS) is 17.1. The lowest BCUT2D eigenvalue weighted by atomic mass is 9.79. The van der Waals surface area contributed by atoms with E-state index in [1.807, 2.05) is 0 Å². The van der Waals surface area contributed by atoms with Gasteiger partial charge in [-0.05, 0) is 12.8 Å². The van der Waals surface area contributed by atoms with E-state index in [4.69, 9.17) is 5.11 Å². The first-order valence-corrected chi connectivity index (χ1v) is 6.82. The number of carbonyl (C=O) groups is 3. The van der Waals surface area contributed by atoms with Crippen LogP contribution in [0.4, 0.5) is 4.79 Å². The number of hydrogen-bond acceptors (Lipinski definition) is 4. The average Bonchev–Trinajstić information content (AvgIpc) is 2.38. The van der Waals surface area contributed by atoms with Gasteiger partial charge in [0.15, 0.2) is 0 Å². The number of nitrogens with one attached hydrogen (secondary N) is 2. The molecule has 0 aromatic carbocycles. The van der Waals surface area contributed by atoms with Crippen LogP contribution in [-0.4, -0.2) is 42.3 Å². The number of aliphatic carboxylic acids is 1. The summed E-state index contributed by atoms with van der Waals surface area (Å²) in [5, 5.41) is 14.3. The van der Waals surface area contributed by atoms with Crippen LogP contribution in [0.2, 0.25) is 0 Å². The van der Waals surface area contributed by atoms with Crippen molar-refractivity contribution in [3.8, 4) is 0 Å². The second-order valence-corrected chi connectivity index (χ2v) is 5.12. The van der Waals surface area contributed by atoms with Crippen LogP contribution in [0, 0.1) is 0 Å². The molecule has 7 heteroatoms. The minimum absolute atomic E-state index is 0.0720. The van der Waals surface area contributed by atoms with E-state index in [9.17, 15) is 14.4 Å². The Labute approximate surface area is 118 Å². The first-order chi connectivity index (χ1) is 9.47. The Morgan fingerprint density at radius 3 is 2.40 bits per heavy atom. The summed E-state index contributed by atoms with van der Waals surface area (Å²) in [6, 6.07) is -0.433. The summed E-state index contributed by atoms with van der Waals surface area (Å²) in [6.07, 6.45) is 4.25. The molecular weight excluding hydrogens is 264 g/mol. The molecular formula is C13H22N2O5. The van der Waals surface area contributed by atoms with Crippen LogP contribution in [0.3, 0.4) is 0 Å². The van der Waals surface area contributed by atoms with Crippen molar-refractivity contribution in [2.24, 2.45) is 0 Å². The molecule has 0 unspecified atom stereocenters. The van der Waals surface area contributed by atoms with E-state index in [-0.39, 0.29) is 19.4 Å². The first kappa shape index (κ1) is 16.3. The Kier molecular flexibility index (Phi) is 6.27. The third-order valence-corrected chi connectivity index (χ3v) is 3.52. The summed E-state index contributed by atoms with van der Waals surface area (Å²) in [5.74, 6) is -1.31. The molecule has 0 aromatic rings. The lowest BCUT2D eigenvalue weighted by Gasteiger charge is -2.36. The number of rotatable bonds is 6. The molecule has 0 spiro atoms. The fourth-order valence-electron chi connectivity index (χ4n) is 2.53. The van der Waals surface area contributed by atoms with Gasteiger partial charge >= 0.3 is 18.0 Å². The van der Waals surface area contributed by atoms with Crippen LogP contribution >= 0.6 is 0 Å². The maximum atomic E-state index is 11.8. The Hall–Kier alpha value is -1.79. The number of hydrogen-bond donors (Lipinski definition) is 3. The van der Waals surface area contributed by atoms with Gasteiger partial charge in [-0.25, -0.2) is 4.79 Å². The molecule has 0 bridgehead atoms. The zero-order valence-electron chi connectivity index (χ0n) is 11.7. The zero-order valence-corrected chi connectivity index (χ0v) is 11.7. The summed E-state index contributed by atoms with van der Waals surface area (Å²) < 4.78 is 4.47. The van der Waals surface area contributed by atoms with Gasteiger partial charge in [-0.2, -0.15) is 0 Å². The fraction of sp³-hybridized carbons (Fsp3) is 0.769. The van der Waals surface area contributed by atoms with Crippen LogP contribution in [-0.2, 0) is 14.3 Å². The van der Waals surface area contributed by atoms with Gasteiger partial charge in [0.25, 0.3) is 0 Å². The van der Waals surface area contributed by atoms with E-state index in [0.717, 1.165) is 19.3 Å². The third-order valence-electron chi connectivity index (χ3n) is 3.52. The van der Waals surface area contributed by atoms with Crippen molar-refractivity contribution in [1.82, 2.24) is 10.6 Å². The van der Waals surface area contributed by atoms with Crippen molar-refractivity contribution in [3.63, 3.8) is 0 Å². The number of carboxylic acid groups (broad SMARTS) is 1. The topological polar surface area (TPSA) is 105 Å². The number of methoxy groups -OCH3 is 1. The molecule has 114 valence electrons. The lowest BCUT2D eigenvalue weighted by Crippen LogP contribution is -2.54. The molecule has 1 aliphatic carbocycles. The van der Waals surface area contributed by atoms with Crippen molar-refractivity contribution in [2.75, 3.05) is 13.7 Å². The van der Waals surface area contributed by atoms with Crippen LogP contribution in [0.25, 0.3) is 0 Å². The van der Waals surface area contributed by atoms with Crippen molar-refractivity contribution < 1.29 is 24.2 Å². The van der Waals surface area contributed by atoms with Crippen molar-refractivity contribution in [1.29, 1.82) is 0 Å². The number of esters is 1. The number of ether oxygens (including phenoxy) is 1. The first-order valence-electron chi connectivity index (χ1n) is 6.82. The highest BCUT2D eigenvalue weighted by Crippen LogP contribution is 2.31. The molecule has 0 aromatic heterocycles. The smallest absolute Gasteiger partial charge is 0.315 e. The average molecular weight is 286 g/mol. The van der Waals surface area contributed by atoms with E-state index in [2.05, 4.69) is 15.4 Å². The molecule has 1 fully saturated rings. The second kappa shape index (κ2) is 7.72. The highest BCUT2D eigenvalue weighted by Gasteiger charge is 2.35. The second-order valence-electron chi connectivity index (χ2n) is 5.12. The zero-order chi connectivity index (χ0) is 15.0. The minimum atomic E-state index is -0.915. The van der Waals surface area contributed by atoms with Gasteiger partial charge in [0.2, 0.25) is 0 Å². The van der Waals surface area contributed by atoms with Crippen molar-refractivity contribution >= 4 is 18.0 Å². The summed E-state index contributed by atoms with van der Waals surface area (Å²) in [6.45, 7) is 0.168. The Balaban J connectivity index is 2.45. The number of carbonyl (C=O) groups excluding carboxylic acids is 2. The molecule has 0 radical (unpaired) electrons. The van der Waals surface area contributed by atoms with E-state index >= 15 is 0 Å². The third kappa shape index (κ3) is 5.46. The van der Waals surface area contributed by atoms with Crippen molar-refractivity contribution in [3.05, 3.63) is 0 Å². The molecule has 2 amide bonds. The highest BCUT2D eigenvalue weighted by molar-refractivity contribution is 5.77. The van der Waals surface area contributed by atoms with E-state index in [1.165, 1.54) is 7.11 Å². The molecule has 0 aliphatic heterocycles. The molecule has 20 heavy (non-hydrogen) atoms. The van der Waals surface area contributed by atoms with E-state index in [1.54, 1.807) is 0 Å². The quantitative estimate of drug-likeness (QED) is 0.632. The Morgan fingerprint density at radius 2 is 1.85 bits per heavy atom. The number of carboxylic acids is 1. The minimum Gasteiger partial charge on any atom is -0.481 e. The van der Waals surface area contributed by atoms with Gasteiger partial charge in [-0.3, -0.25) is 9.59 Å². The molecule has 0 heterocycles. The maximum Gasteiger partial charge on any atom is 0.315 e. The summed E-state index contributed by atoms with van der Waals surface area (Å²) >= 11 is 0. The predicted octanol–water partition coefficient (Wildman–Crippen LogP) is 1.03. The van der Waals surface area contributed by atoms with Gasteiger partial charge < -0.3 is 20.5 Å². The fourth-order valence-corrected chi connectivity index (χ4v) is 2.53. The molecule has 1 saturated carbocycles. The summed E-state index contributed by atoms with van der Waals surface area (Å²) in [5.41, 5.74) is -0.667. The molecule has 1 aliphatic rings. The van der Waals surface area contributed by atoms with Crippen LogP contribution < -0.4 is 10.6 Å². The van der Waals surface area contributed by atoms with Gasteiger partial charge in [-0.15, -0.1) is 0 Å². The largest absolute Gasteiger partial charge is 0.481 e. The van der Waals surface area contributed by atoms with E-state index in [0.29, 0.717) is 12.8 Å². The predicted molar refractivity (Wildman–Crippen MR) is 71.2 cm³/mol. The highest BCUT2D eigenvalue weighted by atomic mass is 16.5. The molecule has 3 N–H and O–H groups in total. The molecule has 7 nitrogen and oxygen atoms in total. The van der Waals surface area contributed by atoms with Crippen LogP contribution in [0.5, 0.6) is 0 Å². The van der Waals surface area contributed by atoms with Crippen LogP contribution in [0.15, 0.2) is 0 Å². The molecule has 0 atom stereocenters. The monoisotopic (exact) mass is 286 g/mol. The number of urea groups is 1. The SMILES string of the molecule is COC(=O)CCNC(=O)NC1(CC(=O)O)CCCCC1. The Bertz CT molecular complexity index is 364. The Morgan fingerprint density at radius 1 is 1.20 bits per heavy atom. The summed E-state index contributed by atoms with van der Waals surface area (Å²) in [7, 11) is 1.28. The van der Waals surface area contributed by atoms with Gasteiger partial charge in [0.1, 0.15) is 0 Å². The lowest BCUT2D eigenvalue weighted by molar-refractivity contribution is -0.140. The summed E-state index contributed by atoms with van der Waals surface area (Å²) in [4.78, 5) is 33.7. The standard InChI is InChI=1S/C13H22N2O5/c1-20-11(18)5-8-14-12(19)15-13(9-10(16)17)6-3-2-4-7-13/h2-9H2,1H3,(H,16,17)(H2,14,15,19). The van der Waals surface area contributed by atoms with Crippen molar-refractivity contribution in [2.45, 2.75) is 50.5 Å². The van der Waals surface area contributed by atoms with Gasteiger partial charge in [0, 0.05) is 6.54 Å². The van der Waals surface area contributed by atoms with E-state index < -0.39 is 23.5 Å². The van der Waals surface area contributed by atoms with Gasteiger partial charge in [-0.1, -0.05) is 19.3 Å². The van der Waals surface area contributed by atoms with Gasteiger partial charge in [0.05, 0.1) is 25.5 Å².